The Balaban J connectivity index is 2.75. The van der Waals surface area contributed by atoms with Gasteiger partial charge in [-0.2, -0.15) is 0 Å². The maximum absolute atomic E-state index is 3.11. The molecule has 1 unspecified atom stereocenters. The summed E-state index contributed by atoms with van der Waals surface area (Å²) < 4.78 is 3.11. The van der Waals surface area contributed by atoms with Gasteiger partial charge < -0.3 is 0 Å². The number of hydrogen-bond donors (Lipinski definition) is 1. The molecule has 0 bridgehead atoms. The Labute approximate surface area is 51.2 Å². The molecule has 35 valence electrons. The van der Waals surface area contributed by atoms with E-state index < -0.39 is 0 Å². The van der Waals surface area contributed by atoms with Gasteiger partial charge in [0.25, 0.3) is 0 Å². The molecule has 0 heterocycles. The van der Waals surface area contributed by atoms with Crippen molar-refractivity contribution in [1.82, 2.24) is 3.80 Å². The zero-order chi connectivity index (χ0) is 4.99. The zero-order valence-electron chi connectivity index (χ0n) is 4.28. The van der Waals surface area contributed by atoms with Gasteiger partial charge in [-0.1, -0.05) is 0 Å². The fourth-order valence-corrected chi connectivity index (χ4v) is 0.421. The maximum atomic E-state index is 3.11. The summed E-state index contributed by atoms with van der Waals surface area (Å²) in [5.74, 6) is 0. The molecule has 0 fully saturated rings. The fraction of sp³-hybridized carbons (Fsp3) is 1.00. The van der Waals surface area contributed by atoms with Crippen molar-refractivity contribution in [2.45, 2.75) is 26.3 Å². The van der Waals surface area contributed by atoms with E-state index in [9.17, 15) is 0 Å². The Hall–Kier alpha value is 0.674. The standard InChI is InChI=1S/C4H10N.Ti/c1-3-4(2)5;/h4-5H,3H2,1-2H3;/q-1;+1. The van der Waals surface area contributed by atoms with Gasteiger partial charge in [0.2, 0.25) is 0 Å². The summed E-state index contributed by atoms with van der Waals surface area (Å²) in [6, 6.07) is 0.685. The van der Waals surface area contributed by atoms with Gasteiger partial charge in [0.05, 0.1) is 0 Å². The third-order valence-corrected chi connectivity index (χ3v) is 1.63. The topological polar surface area (TPSA) is 12.0 Å². The Morgan fingerprint density at radius 2 is 2.33 bits per heavy atom. The molecule has 0 saturated heterocycles. The van der Waals surface area contributed by atoms with Gasteiger partial charge >= 0.3 is 50.8 Å². The summed E-state index contributed by atoms with van der Waals surface area (Å²) in [5, 5.41) is 0. The first kappa shape index (κ1) is 6.67. The second-order valence-electron chi connectivity index (χ2n) is 1.45. The first-order chi connectivity index (χ1) is 2.81. The average molecular weight is 120 g/mol. The van der Waals surface area contributed by atoms with Gasteiger partial charge in [-0.25, -0.2) is 0 Å². The molecule has 1 atom stereocenters. The van der Waals surface area contributed by atoms with E-state index in [1.54, 1.807) is 0 Å². The van der Waals surface area contributed by atoms with Crippen LogP contribution in [0.4, 0.5) is 0 Å². The predicted molar refractivity (Wildman–Crippen MR) is 22.9 cm³/mol. The Morgan fingerprint density at radius 1 is 1.83 bits per heavy atom. The minimum absolute atomic E-state index is 0.685. The molecule has 0 aliphatic rings. The van der Waals surface area contributed by atoms with Gasteiger partial charge in [0.1, 0.15) is 0 Å². The van der Waals surface area contributed by atoms with Crippen LogP contribution in [-0.2, 0) is 20.7 Å². The normalized spacial score (nSPS) is 14.2. The molecule has 0 aliphatic heterocycles. The quantitative estimate of drug-likeness (QED) is 0.532. The van der Waals surface area contributed by atoms with Crippen LogP contribution < -0.4 is 3.80 Å². The first-order valence-corrected chi connectivity index (χ1v) is 3.01. The van der Waals surface area contributed by atoms with Gasteiger partial charge in [-0.05, 0) is 0 Å². The molecule has 2 heteroatoms. The van der Waals surface area contributed by atoms with E-state index in [-0.39, 0.29) is 0 Å². The van der Waals surface area contributed by atoms with Crippen molar-refractivity contribution in [2.24, 2.45) is 0 Å². The molecule has 0 aliphatic carbocycles. The molecule has 0 rings (SSSR count). The Kier molecular flexibility index (Phi) is 4.28. The fourth-order valence-electron chi connectivity index (χ4n) is 0.102. The molecule has 0 amide bonds. The molecule has 0 radical (unpaired) electrons. The van der Waals surface area contributed by atoms with Crippen molar-refractivity contribution < 1.29 is 20.7 Å². The van der Waals surface area contributed by atoms with Crippen molar-refractivity contribution in [1.29, 1.82) is 0 Å². The summed E-state index contributed by atoms with van der Waals surface area (Å²) in [6.07, 6.45) is 1.22. The van der Waals surface area contributed by atoms with E-state index >= 15 is 0 Å². The van der Waals surface area contributed by atoms with E-state index in [1.807, 2.05) is 20.7 Å². The monoisotopic (exact) mass is 120 g/mol. The summed E-state index contributed by atoms with van der Waals surface area (Å²) in [5.41, 5.74) is 0. The second-order valence-corrected chi connectivity index (χ2v) is 1.90. The van der Waals surface area contributed by atoms with Crippen molar-refractivity contribution in [3.05, 3.63) is 0 Å². The zero-order valence-corrected chi connectivity index (χ0v) is 5.85. The molecule has 6 heavy (non-hydrogen) atoms. The predicted octanol–water partition coefficient (Wildman–Crippen LogP) is 0.836. The molecule has 0 aromatic rings. The summed E-state index contributed by atoms with van der Waals surface area (Å²) in [6.45, 7) is 4.33. The van der Waals surface area contributed by atoms with Gasteiger partial charge in [0, 0.05) is 0 Å². The van der Waals surface area contributed by atoms with Gasteiger partial charge in [0.15, 0.2) is 0 Å². The Bertz CT molecular complexity index is 26.7. The van der Waals surface area contributed by atoms with Crippen molar-refractivity contribution >= 4 is 0 Å². The average Bonchev–Trinajstić information content (AvgIpc) is 1.65. The van der Waals surface area contributed by atoms with Crippen LogP contribution in [0, 0.1) is 0 Å². The minimum atomic E-state index is 0.685. The van der Waals surface area contributed by atoms with E-state index in [1.165, 1.54) is 6.42 Å². The van der Waals surface area contributed by atoms with Gasteiger partial charge in [-0.3, -0.25) is 0 Å². The summed E-state index contributed by atoms with van der Waals surface area (Å²) in [4.78, 5) is 0. The molecule has 0 spiro atoms. The second kappa shape index (κ2) is 3.85. The van der Waals surface area contributed by atoms with Crippen molar-refractivity contribution in [3.63, 3.8) is 0 Å². The molecule has 1 N–H and O–H groups in total. The molecule has 1 nitrogen and oxygen atoms in total. The number of nitrogens with one attached hydrogen (secondary N) is 1. The van der Waals surface area contributed by atoms with E-state index in [0.29, 0.717) is 6.04 Å². The van der Waals surface area contributed by atoms with E-state index in [2.05, 4.69) is 17.6 Å². The summed E-state index contributed by atoms with van der Waals surface area (Å²) in [7, 11) is 0. The van der Waals surface area contributed by atoms with Crippen LogP contribution in [0.2, 0.25) is 0 Å². The van der Waals surface area contributed by atoms with Crippen LogP contribution in [0.15, 0.2) is 0 Å². The summed E-state index contributed by atoms with van der Waals surface area (Å²) >= 11 is 1.98. The SMILES string of the molecule is CCC(C)[NH][Ti]. The van der Waals surface area contributed by atoms with Crippen molar-refractivity contribution in [3.8, 4) is 0 Å². The third kappa shape index (κ3) is 2.89. The Morgan fingerprint density at radius 3 is 2.33 bits per heavy atom. The molecule has 0 aromatic carbocycles. The van der Waals surface area contributed by atoms with Crippen LogP contribution in [0.1, 0.15) is 20.3 Å². The van der Waals surface area contributed by atoms with Gasteiger partial charge in [-0.15, -0.1) is 0 Å². The van der Waals surface area contributed by atoms with E-state index in [4.69, 9.17) is 0 Å². The number of rotatable bonds is 2. The van der Waals surface area contributed by atoms with E-state index in [0.717, 1.165) is 0 Å². The van der Waals surface area contributed by atoms with Crippen LogP contribution >= 0.6 is 0 Å². The third-order valence-electron chi connectivity index (χ3n) is 0.859. The molecular formula is C4H10NTi. The molecule has 0 saturated carbocycles. The first-order valence-electron chi connectivity index (χ1n) is 2.23. The molecule has 0 aromatic heterocycles. The van der Waals surface area contributed by atoms with Crippen LogP contribution in [0.3, 0.4) is 0 Å². The molecular weight excluding hydrogens is 110 g/mol. The van der Waals surface area contributed by atoms with Crippen LogP contribution in [0.25, 0.3) is 0 Å². The van der Waals surface area contributed by atoms with Crippen LogP contribution in [-0.4, -0.2) is 6.04 Å². The van der Waals surface area contributed by atoms with Crippen LogP contribution in [0.5, 0.6) is 0 Å². The number of hydrogen-bond acceptors (Lipinski definition) is 1. The van der Waals surface area contributed by atoms with Crippen molar-refractivity contribution in [2.75, 3.05) is 0 Å².